The first-order valence-electron chi connectivity index (χ1n) is 5.93. The van der Waals surface area contributed by atoms with Gasteiger partial charge in [-0.15, -0.1) is 0 Å². The van der Waals surface area contributed by atoms with Crippen molar-refractivity contribution >= 4 is 0 Å². The zero-order chi connectivity index (χ0) is 14.0. The van der Waals surface area contributed by atoms with Crippen LogP contribution < -0.4 is 5.73 Å². The molecule has 4 heteroatoms. The van der Waals surface area contributed by atoms with E-state index in [0.29, 0.717) is 5.56 Å². The number of hydrogen-bond acceptors (Lipinski definition) is 1. The molecule has 2 N–H and O–H groups in total. The maximum Gasteiger partial charge on any atom is 0.128 e. The molecular formula is C15H14F3N. The molecule has 0 bridgehead atoms. The van der Waals surface area contributed by atoms with Gasteiger partial charge >= 0.3 is 0 Å². The van der Waals surface area contributed by atoms with Crippen LogP contribution in [0.25, 0.3) is 0 Å². The monoisotopic (exact) mass is 265 g/mol. The van der Waals surface area contributed by atoms with Crippen LogP contribution in [0.2, 0.25) is 0 Å². The van der Waals surface area contributed by atoms with Crippen molar-refractivity contribution in [2.75, 3.05) is 0 Å². The summed E-state index contributed by atoms with van der Waals surface area (Å²) in [5.41, 5.74) is 7.10. The second-order valence-electron chi connectivity index (χ2n) is 4.57. The van der Waals surface area contributed by atoms with E-state index in [2.05, 4.69) is 0 Å². The van der Waals surface area contributed by atoms with Crippen LogP contribution in [0.15, 0.2) is 36.4 Å². The van der Waals surface area contributed by atoms with Gasteiger partial charge in [-0.05, 0) is 48.7 Å². The van der Waals surface area contributed by atoms with Crippen LogP contribution in [0, 0.1) is 24.4 Å². The summed E-state index contributed by atoms with van der Waals surface area (Å²) in [7, 11) is 0. The summed E-state index contributed by atoms with van der Waals surface area (Å²) in [6.45, 7) is 1.77. The smallest absolute Gasteiger partial charge is 0.128 e. The molecule has 0 fully saturated rings. The van der Waals surface area contributed by atoms with Gasteiger partial charge < -0.3 is 5.73 Å². The minimum atomic E-state index is -0.711. The number of rotatable bonds is 3. The van der Waals surface area contributed by atoms with Gasteiger partial charge in [-0.1, -0.05) is 12.1 Å². The van der Waals surface area contributed by atoms with E-state index in [1.807, 2.05) is 0 Å². The summed E-state index contributed by atoms with van der Waals surface area (Å²) in [5, 5.41) is 0. The Hall–Kier alpha value is -1.81. The Kier molecular flexibility index (Phi) is 3.90. The van der Waals surface area contributed by atoms with Crippen LogP contribution in [0.3, 0.4) is 0 Å². The third-order valence-electron chi connectivity index (χ3n) is 3.00. The van der Waals surface area contributed by atoms with Crippen molar-refractivity contribution in [1.29, 1.82) is 0 Å². The van der Waals surface area contributed by atoms with Crippen LogP contribution in [0.5, 0.6) is 0 Å². The molecule has 19 heavy (non-hydrogen) atoms. The summed E-state index contributed by atoms with van der Waals surface area (Å²) in [6.07, 6.45) is 0.0452. The van der Waals surface area contributed by atoms with Gasteiger partial charge in [0, 0.05) is 11.6 Å². The van der Waals surface area contributed by atoms with Crippen LogP contribution in [0.1, 0.15) is 22.7 Å². The van der Waals surface area contributed by atoms with Crippen LogP contribution >= 0.6 is 0 Å². The number of nitrogens with two attached hydrogens (primary N) is 1. The first-order valence-corrected chi connectivity index (χ1v) is 5.93. The number of benzene rings is 2. The fraction of sp³-hybridized carbons (Fsp3) is 0.200. The molecule has 0 aliphatic heterocycles. The van der Waals surface area contributed by atoms with Crippen molar-refractivity contribution in [2.45, 2.75) is 19.4 Å². The molecule has 0 aliphatic carbocycles. The molecule has 1 atom stereocenters. The molecule has 0 saturated heterocycles. The standard InChI is InChI=1S/C15H14F3N/c1-9-2-4-12(14(18)6-9)15(19)8-10-7-11(16)3-5-13(10)17/h2-7,15H,8,19H2,1H3. The van der Waals surface area contributed by atoms with Gasteiger partial charge in [-0.25, -0.2) is 13.2 Å². The topological polar surface area (TPSA) is 26.0 Å². The molecule has 1 unspecified atom stereocenters. The lowest BCUT2D eigenvalue weighted by molar-refractivity contribution is 0.554. The van der Waals surface area contributed by atoms with E-state index in [-0.39, 0.29) is 12.0 Å². The maximum absolute atomic E-state index is 13.7. The summed E-state index contributed by atoms with van der Waals surface area (Å²) in [6, 6.07) is 7.14. The Balaban J connectivity index is 2.25. The Morgan fingerprint density at radius 2 is 1.74 bits per heavy atom. The van der Waals surface area contributed by atoms with Gasteiger partial charge in [0.25, 0.3) is 0 Å². The second-order valence-corrected chi connectivity index (χ2v) is 4.57. The molecule has 1 nitrogen and oxygen atoms in total. The molecule has 2 aromatic carbocycles. The summed E-state index contributed by atoms with van der Waals surface area (Å²) in [5.74, 6) is -1.50. The minimum absolute atomic E-state index is 0.0452. The van der Waals surface area contributed by atoms with Crippen molar-refractivity contribution in [3.8, 4) is 0 Å². The summed E-state index contributed by atoms with van der Waals surface area (Å²) in [4.78, 5) is 0. The number of aryl methyl sites for hydroxylation is 1. The second kappa shape index (κ2) is 5.45. The number of halogens is 3. The maximum atomic E-state index is 13.7. The van der Waals surface area contributed by atoms with E-state index >= 15 is 0 Å². The molecule has 0 aliphatic rings. The van der Waals surface area contributed by atoms with Crippen LogP contribution in [0.4, 0.5) is 13.2 Å². The quantitative estimate of drug-likeness (QED) is 0.900. The fourth-order valence-electron chi connectivity index (χ4n) is 1.98. The first-order chi connectivity index (χ1) is 8.97. The van der Waals surface area contributed by atoms with Crippen LogP contribution in [-0.2, 0) is 6.42 Å². The SMILES string of the molecule is Cc1ccc(C(N)Cc2cc(F)ccc2F)c(F)c1. The van der Waals surface area contributed by atoms with Gasteiger partial charge in [0.1, 0.15) is 17.5 Å². The Morgan fingerprint density at radius 1 is 1.00 bits per heavy atom. The van der Waals surface area contributed by atoms with Crippen molar-refractivity contribution in [1.82, 2.24) is 0 Å². The van der Waals surface area contributed by atoms with Gasteiger partial charge in [0.2, 0.25) is 0 Å². The zero-order valence-corrected chi connectivity index (χ0v) is 10.5. The molecule has 0 spiro atoms. The molecule has 0 amide bonds. The van der Waals surface area contributed by atoms with E-state index in [1.54, 1.807) is 19.1 Å². The van der Waals surface area contributed by atoms with E-state index in [9.17, 15) is 13.2 Å². The van der Waals surface area contributed by atoms with Gasteiger partial charge in [0.15, 0.2) is 0 Å². The molecule has 0 aromatic heterocycles. The third kappa shape index (κ3) is 3.15. The van der Waals surface area contributed by atoms with E-state index in [0.717, 1.165) is 23.8 Å². The highest BCUT2D eigenvalue weighted by atomic mass is 19.1. The van der Waals surface area contributed by atoms with E-state index in [1.165, 1.54) is 6.07 Å². The highest BCUT2D eigenvalue weighted by Crippen LogP contribution is 2.22. The Bertz CT molecular complexity index is 596. The van der Waals surface area contributed by atoms with Crippen molar-refractivity contribution in [3.63, 3.8) is 0 Å². The predicted molar refractivity (Wildman–Crippen MR) is 68.1 cm³/mol. The van der Waals surface area contributed by atoms with E-state index < -0.39 is 23.5 Å². The lowest BCUT2D eigenvalue weighted by Gasteiger charge is -2.14. The summed E-state index contributed by atoms with van der Waals surface area (Å²) >= 11 is 0. The van der Waals surface area contributed by atoms with Crippen molar-refractivity contribution in [3.05, 3.63) is 70.5 Å². The van der Waals surface area contributed by atoms with Gasteiger partial charge in [-0.2, -0.15) is 0 Å². The Labute approximate surface area is 109 Å². The normalized spacial score (nSPS) is 12.5. The highest BCUT2D eigenvalue weighted by Gasteiger charge is 2.14. The van der Waals surface area contributed by atoms with Crippen molar-refractivity contribution in [2.24, 2.45) is 5.73 Å². The Morgan fingerprint density at radius 3 is 2.42 bits per heavy atom. The third-order valence-corrected chi connectivity index (χ3v) is 3.00. The number of hydrogen-bond donors (Lipinski definition) is 1. The highest BCUT2D eigenvalue weighted by molar-refractivity contribution is 5.28. The molecule has 2 rings (SSSR count). The average molecular weight is 265 g/mol. The molecule has 0 heterocycles. The lowest BCUT2D eigenvalue weighted by Crippen LogP contribution is -2.16. The average Bonchev–Trinajstić information content (AvgIpc) is 2.33. The van der Waals surface area contributed by atoms with Gasteiger partial charge in [0.05, 0.1) is 0 Å². The fourth-order valence-corrected chi connectivity index (χ4v) is 1.98. The van der Waals surface area contributed by atoms with Crippen LogP contribution in [-0.4, -0.2) is 0 Å². The molecular weight excluding hydrogens is 251 g/mol. The molecule has 0 saturated carbocycles. The van der Waals surface area contributed by atoms with Gasteiger partial charge in [-0.3, -0.25) is 0 Å². The van der Waals surface area contributed by atoms with E-state index in [4.69, 9.17) is 5.73 Å². The molecule has 2 aromatic rings. The molecule has 100 valence electrons. The summed E-state index contributed by atoms with van der Waals surface area (Å²) < 4.78 is 40.3. The zero-order valence-electron chi connectivity index (χ0n) is 10.5. The first kappa shape index (κ1) is 13.6. The van der Waals surface area contributed by atoms with Crippen molar-refractivity contribution < 1.29 is 13.2 Å². The predicted octanol–water partition coefficient (Wildman–Crippen LogP) is 3.65. The lowest BCUT2D eigenvalue weighted by atomic mass is 9.98. The minimum Gasteiger partial charge on any atom is -0.324 e. The largest absolute Gasteiger partial charge is 0.324 e. The molecule has 0 radical (unpaired) electrons.